The molecule has 0 saturated heterocycles. The van der Waals surface area contributed by atoms with Crippen LogP contribution in [0.1, 0.15) is 60.3 Å². The number of carbonyl (C=O) groups is 1. The maximum Gasteiger partial charge on any atom is 0.407 e. The average molecular weight is 259 g/mol. The molecule has 0 aromatic carbocycles. The summed E-state index contributed by atoms with van der Waals surface area (Å²) in [5.41, 5.74) is -0.464. The molecule has 0 heterocycles. The molecule has 4 heteroatoms. The topological polar surface area (TPSA) is 47.6 Å². The molecule has 0 bridgehead atoms. The number of carbonyl (C=O) groups excluding carboxylic acids is 1. The lowest BCUT2D eigenvalue weighted by Crippen LogP contribution is -2.46. The molecule has 18 heavy (non-hydrogen) atoms. The normalized spacial score (nSPS) is 15.0. The summed E-state index contributed by atoms with van der Waals surface area (Å²) in [4.78, 5) is 11.8. The van der Waals surface area contributed by atoms with E-state index in [1.54, 1.807) is 7.11 Å². The Morgan fingerprint density at radius 3 is 2.11 bits per heavy atom. The fourth-order valence-electron chi connectivity index (χ4n) is 1.89. The van der Waals surface area contributed by atoms with Crippen molar-refractivity contribution in [2.45, 2.75) is 78.0 Å². The molecule has 0 aliphatic rings. The molecule has 1 amide bonds. The van der Waals surface area contributed by atoms with Gasteiger partial charge in [0.05, 0.1) is 12.1 Å². The van der Waals surface area contributed by atoms with Gasteiger partial charge in [-0.15, -0.1) is 0 Å². The third kappa shape index (κ3) is 7.54. The number of methoxy groups -OCH3 is 1. The van der Waals surface area contributed by atoms with E-state index in [9.17, 15) is 4.79 Å². The fourth-order valence-corrected chi connectivity index (χ4v) is 1.89. The highest BCUT2D eigenvalue weighted by Gasteiger charge is 2.24. The van der Waals surface area contributed by atoms with Gasteiger partial charge in [-0.2, -0.15) is 0 Å². The zero-order valence-corrected chi connectivity index (χ0v) is 12.7. The van der Waals surface area contributed by atoms with Gasteiger partial charge in [0, 0.05) is 7.11 Å². The molecule has 4 nitrogen and oxygen atoms in total. The molecule has 0 aliphatic heterocycles. The van der Waals surface area contributed by atoms with Gasteiger partial charge in [0.2, 0.25) is 0 Å². The number of rotatable bonds is 7. The van der Waals surface area contributed by atoms with Gasteiger partial charge in [-0.05, 0) is 33.6 Å². The molecular weight excluding hydrogens is 230 g/mol. The standard InChI is InChI=1S/C14H29NO3/c1-7-9-11(12(17-6)10-8-2)15-13(16)18-14(3,4)5/h11-12H,7-10H2,1-6H3,(H,15,16)/t11-,12+/m0/s1. The predicted molar refractivity (Wildman–Crippen MR) is 73.8 cm³/mol. The number of hydrogen-bond acceptors (Lipinski definition) is 3. The molecule has 0 rings (SSSR count). The first-order valence-corrected chi connectivity index (χ1v) is 6.86. The first kappa shape index (κ1) is 17.2. The van der Waals surface area contributed by atoms with Crippen LogP contribution in [0.5, 0.6) is 0 Å². The second-order valence-corrected chi connectivity index (χ2v) is 5.60. The highest BCUT2D eigenvalue weighted by Crippen LogP contribution is 2.13. The predicted octanol–water partition coefficient (Wildman–Crippen LogP) is 3.49. The minimum Gasteiger partial charge on any atom is -0.444 e. The third-order valence-electron chi connectivity index (χ3n) is 2.63. The van der Waals surface area contributed by atoms with E-state index in [0.29, 0.717) is 0 Å². The Balaban J connectivity index is 4.45. The molecule has 0 radical (unpaired) electrons. The molecule has 0 aliphatic carbocycles. The van der Waals surface area contributed by atoms with Crippen molar-refractivity contribution < 1.29 is 14.3 Å². The zero-order chi connectivity index (χ0) is 14.2. The van der Waals surface area contributed by atoms with E-state index >= 15 is 0 Å². The Kier molecular flexibility index (Phi) is 8.00. The summed E-state index contributed by atoms with van der Waals surface area (Å²) in [6.07, 6.45) is 3.58. The highest BCUT2D eigenvalue weighted by atomic mass is 16.6. The van der Waals surface area contributed by atoms with Crippen molar-refractivity contribution in [1.82, 2.24) is 5.32 Å². The molecule has 1 N–H and O–H groups in total. The quantitative estimate of drug-likeness (QED) is 0.761. The van der Waals surface area contributed by atoms with Gasteiger partial charge < -0.3 is 14.8 Å². The van der Waals surface area contributed by atoms with Crippen LogP contribution in [0.2, 0.25) is 0 Å². The van der Waals surface area contributed by atoms with E-state index in [0.717, 1.165) is 25.7 Å². The maximum atomic E-state index is 11.8. The van der Waals surface area contributed by atoms with Crippen molar-refractivity contribution >= 4 is 6.09 Å². The molecule has 2 atom stereocenters. The van der Waals surface area contributed by atoms with Crippen LogP contribution in [0.4, 0.5) is 4.79 Å². The summed E-state index contributed by atoms with van der Waals surface area (Å²) in [5, 5.41) is 2.92. The number of hydrogen-bond donors (Lipinski definition) is 1. The first-order chi connectivity index (χ1) is 8.34. The number of ether oxygens (including phenoxy) is 2. The summed E-state index contributed by atoms with van der Waals surface area (Å²) in [6, 6.07) is 0.0230. The summed E-state index contributed by atoms with van der Waals surface area (Å²) in [6.45, 7) is 9.80. The monoisotopic (exact) mass is 259 g/mol. The van der Waals surface area contributed by atoms with Crippen molar-refractivity contribution in [3.05, 3.63) is 0 Å². The van der Waals surface area contributed by atoms with Crippen LogP contribution in [-0.4, -0.2) is 30.9 Å². The minimum atomic E-state index is -0.464. The van der Waals surface area contributed by atoms with E-state index in [4.69, 9.17) is 9.47 Å². The number of amides is 1. The molecule has 0 fully saturated rings. The molecular formula is C14H29NO3. The molecule has 108 valence electrons. The summed E-state index contributed by atoms with van der Waals surface area (Å²) in [7, 11) is 1.69. The lowest BCUT2D eigenvalue weighted by molar-refractivity contribution is 0.0293. The van der Waals surface area contributed by atoms with Gasteiger partial charge in [0.25, 0.3) is 0 Å². The van der Waals surface area contributed by atoms with Crippen LogP contribution < -0.4 is 5.32 Å². The number of alkyl carbamates (subject to hydrolysis) is 1. The first-order valence-electron chi connectivity index (χ1n) is 6.86. The maximum absolute atomic E-state index is 11.8. The van der Waals surface area contributed by atoms with Gasteiger partial charge in [0.15, 0.2) is 0 Å². The van der Waals surface area contributed by atoms with Crippen molar-refractivity contribution in [1.29, 1.82) is 0 Å². The van der Waals surface area contributed by atoms with E-state index in [-0.39, 0.29) is 18.2 Å². The van der Waals surface area contributed by atoms with Crippen molar-refractivity contribution in [2.24, 2.45) is 0 Å². The van der Waals surface area contributed by atoms with Crippen LogP contribution in [0.15, 0.2) is 0 Å². The van der Waals surface area contributed by atoms with E-state index in [1.165, 1.54) is 0 Å². The Labute approximate surface area is 111 Å². The Bertz CT molecular complexity index is 236. The molecule has 0 unspecified atom stereocenters. The SMILES string of the molecule is CCC[C@H](NC(=O)OC(C)(C)C)[C@@H](CCC)OC. The van der Waals surface area contributed by atoms with Gasteiger partial charge in [-0.25, -0.2) is 4.79 Å². The van der Waals surface area contributed by atoms with Crippen LogP contribution in [-0.2, 0) is 9.47 Å². The lowest BCUT2D eigenvalue weighted by Gasteiger charge is -2.28. The lowest BCUT2D eigenvalue weighted by atomic mass is 10.0. The van der Waals surface area contributed by atoms with Crippen LogP contribution in [0.3, 0.4) is 0 Å². The summed E-state index contributed by atoms with van der Waals surface area (Å²) >= 11 is 0. The van der Waals surface area contributed by atoms with Gasteiger partial charge >= 0.3 is 6.09 Å². The van der Waals surface area contributed by atoms with E-state index < -0.39 is 5.60 Å². The molecule has 0 aromatic rings. The fraction of sp³-hybridized carbons (Fsp3) is 0.929. The Hall–Kier alpha value is -0.770. The van der Waals surface area contributed by atoms with Crippen molar-refractivity contribution in [2.75, 3.05) is 7.11 Å². The van der Waals surface area contributed by atoms with Gasteiger partial charge in [-0.1, -0.05) is 26.7 Å². The second kappa shape index (κ2) is 8.35. The molecule has 0 spiro atoms. The summed E-state index contributed by atoms with van der Waals surface area (Å²) < 4.78 is 10.7. The van der Waals surface area contributed by atoms with Crippen LogP contribution in [0.25, 0.3) is 0 Å². The average Bonchev–Trinajstić information content (AvgIpc) is 2.22. The largest absolute Gasteiger partial charge is 0.444 e. The van der Waals surface area contributed by atoms with Crippen LogP contribution in [0, 0.1) is 0 Å². The Morgan fingerprint density at radius 2 is 1.72 bits per heavy atom. The Morgan fingerprint density at radius 1 is 1.17 bits per heavy atom. The molecule has 0 aromatic heterocycles. The van der Waals surface area contributed by atoms with Crippen molar-refractivity contribution in [3.63, 3.8) is 0 Å². The second-order valence-electron chi connectivity index (χ2n) is 5.60. The van der Waals surface area contributed by atoms with E-state index in [2.05, 4.69) is 19.2 Å². The third-order valence-corrected chi connectivity index (χ3v) is 2.63. The number of nitrogens with one attached hydrogen (secondary N) is 1. The van der Waals surface area contributed by atoms with Gasteiger partial charge in [-0.3, -0.25) is 0 Å². The zero-order valence-electron chi connectivity index (χ0n) is 12.7. The van der Waals surface area contributed by atoms with Crippen molar-refractivity contribution in [3.8, 4) is 0 Å². The van der Waals surface area contributed by atoms with Gasteiger partial charge in [0.1, 0.15) is 5.60 Å². The highest BCUT2D eigenvalue weighted by molar-refractivity contribution is 5.68. The summed E-state index contributed by atoms with van der Waals surface area (Å²) in [5.74, 6) is 0. The molecule has 0 saturated carbocycles. The smallest absolute Gasteiger partial charge is 0.407 e. The minimum absolute atomic E-state index is 0.0230. The van der Waals surface area contributed by atoms with Crippen LogP contribution >= 0.6 is 0 Å². The van der Waals surface area contributed by atoms with E-state index in [1.807, 2.05) is 20.8 Å².